The van der Waals surface area contributed by atoms with Crippen LogP contribution in [0, 0.1) is 5.92 Å². The van der Waals surface area contributed by atoms with Crippen molar-refractivity contribution in [2.75, 3.05) is 33.4 Å². The van der Waals surface area contributed by atoms with Crippen molar-refractivity contribution < 1.29 is 18.3 Å². The summed E-state index contributed by atoms with van der Waals surface area (Å²) in [5.74, 6) is -0.0206. The van der Waals surface area contributed by atoms with Gasteiger partial charge in [-0.2, -0.15) is 17.4 Å². The molecule has 96 valence electrons. The summed E-state index contributed by atoms with van der Waals surface area (Å²) in [6, 6.07) is 0. The average Bonchev–Trinajstić information content (AvgIpc) is 2.22. The number of nitrogens with one attached hydrogen (secondary N) is 1. The Morgan fingerprint density at radius 1 is 1.56 bits per heavy atom. The number of hydrogen-bond acceptors (Lipinski definition) is 4. The third-order valence-corrected chi connectivity index (χ3v) is 4.33. The molecule has 2 N–H and O–H groups in total. The molecule has 16 heavy (non-hydrogen) atoms. The molecule has 1 rings (SSSR count). The van der Waals surface area contributed by atoms with E-state index in [1.54, 1.807) is 0 Å². The van der Waals surface area contributed by atoms with Gasteiger partial charge in [-0.25, -0.2) is 0 Å². The third-order valence-electron chi connectivity index (χ3n) is 2.75. The maximum Gasteiger partial charge on any atom is 0.279 e. The molecule has 0 aliphatic carbocycles. The lowest BCUT2D eigenvalue weighted by Gasteiger charge is -2.33. The lowest BCUT2D eigenvalue weighted by molar-refractivity contribution is 0.0624. The Balaban J connectivity index is 2.49. The molecule has 7 heteroatoms. The second-order valence-electron chi connectivity index (χ2n) is 4.08. The van der Waals surface area contributed by atoms with Crippen molar-refractivity contribution in [3.05, 3.63) is 0 Å². The number of methoxy groups -OCH3 is 1. The van der Waals surface area contributed by atoms with Gasteiger partial charge in [-0.1, -0.05) is 6.92 Å². The Morgan fingerprint density at radius 2 is 2.25 bits per heavy atom. The summed E-state index contributed by atoms with van der Waals surface area (Å²) in [5, 5.41) is 9.51. The van der Waals surface area contributed by atoms with Crippen LogP contribution in [0.4, 0.5) is 0 Å². The second kappa shape index (κ2) is 5.92. The Labute approximate surface area is 96.8 Å². The first-order chi connectivity index (χ1) is 7.47. The van der Waals surface area contributed by atoms with Crippen molar-refractivity contribution in [2.45, 2.75) is 19.4 Å². The number of ether oxygens (including phenoxy) is 1. The fourth-order valence-electron chi connectivity index (χ4n) is 1.68. The summed E-state index contributed by atoms with van der Waals surface area (Å²) in [6.45, 7) is 3.20. The second-order valence-corrected chi connectivity index (χ2v) is 5.84. The van der Waals surface area contributed by atoms with Gasteiger partial charge in [0.05, 0.1) is 12.7 Å². The van der Waals surface area contributed by atoms with E-state index in [9.17, 15) is 13.5 Å². The van der Waals surface area contributed by atoms with Gasteiger partial charge in [-0.05, 0) is 12.3 Å². The number of hydrogen-bond donors (Lipinski definition) is 2. The topological polar surface area (TPSA) is 78.9 Å². The van der Waals surface area contributed by atoms with Crippen molar-refractivity contribution in [1.29, 1.82) is 0 Å². The molecule has 0 aromatic carbocycles. The SMILES string of the molecule is COCCNS(=O)(=O)N1CCC(O)C(C)C1. The molecule has 6 nitrogen and oxygen atoms in total. The highest BCUT2D eigenvalue weighted by molar-refractivity contribution is 7.87. The van der Waals surface area contributed by atoms with Crippen molar-refractivity contribution in [3.63, 3.8) is 0 Å². The molecule has 1 saturated heterocycles. The molecule has 1 aliphatic rings. The zero-order chi connectivity index (χ0) is 12.2. The highest BCUT2D eigenvalue weighted by atomic mass is 32.2. The van der Waals surface area contributed by atoms with E-state index in [1.165, 1.54) is 11.4 Å². The highest BCUT2D eigenvalue weighted by Gasteiger charge is 2.31. The van der Waals surface area contributed by atoms with Gasteiger partial charge in [0.15, 0.2) is 0 Å². The van der Waals surface area contributed by atoms with Crippen LogP contribution < -0.4 is 4.72 Å². The largest absolute Gasteiger partial charge is 0.393 e. The van der Waals surface area contributed by atoms with E-state index in [-0.39, 0.29) is 12.5 Å². The first-order valence-corrected chi connectivity index (χ1v) is 6.83. The van der Waals surface area contributed by atoms with Gasteiger partial charge < -0.3 is 9.84 Å². The Morgan fingerprint density at radius 3 is 2.81 bits per heavy atom. The van der Waals surface area contributed by atoms with Crippen LogP contribution >= 0.6 is 0 Å². The monoisotopic (exact) mass is 252 g/mol. The van der Waals surface area contributed by atoms with E-state index in [0.29, 0.717) is 26.1 Å². The van der Waals surface area contributed by atoms with Crippen LogP contribution in [0.1, 0.15) is 13.3 Å². The first kappa shape index (κ1) is 13.9. The van der Waals surface area contributed by atoms with Gasteiger partial charge in [0.25, 0.3) is 10.2 Å². The summed E-state index contributed by atoms with van der Waals surface area (Å²) < 4.78 is 32.2. The summed E-state index contributed by atoms with van der Waals surface area (Å²) in [7, 11) is -1.90. The summed E-state index contributed by atoms with van der Waals surface area (Å²) in [6.07, 6.45) is 0.0947. The number of aliphatic hydroxyl groups is 1. The number of rotatable bonds is 5. The lowest BCUT2D eigenvalue weighted by atomic mass is 9.99. The van der Waals surface area contributed by atoms with Crippen molar-refractivity contribution in [1.82, 2.24) is 9.03 Å². The molecule has 0 aromatic rings. The van der Waals surface area contributed by atoms with Gasteiger partial charge in [-0.3, -0.25) is 0 Å². The maximum absolute atomic E-state index is 11.8. The molecule has 0 bridgehead atoms. The lowest BCUT2D eigenvalue weighted by Crippen LogP contribution is -2.49. The van der Waals surface area contributed by atoms with Gasteiger partial charge in [0, 0.05) is 26.7 Å². The molecular weight excluding hydrogens is 232 g/mol. The van der Waals surface area contributed by atoms with Crippen LogP contribution in [-0.2, 0) is 14.9 Å². The Hall–Kier alpha value is -0.210. The third kappa shape index (κ3) is 3.67. The van der Waals surface area contributed by atoms with Crippen LogP contribution in [0.3, 0.4) is 0 Å². The molecule has 1 fully saturated rings. The minimum atomic E-state index is -3.42. The standard InChI is InChI=1S/C9H20N2O4S/c1-8-7-11(5-3-9(8)12)16(13,14)10-4-6-15-2/h8-10,12H,3-7H2,1-2H3. The smallest absolute Gasteiger partial charge is 0.279 e. The molecular formula is C9H20N2O4S. The quantitative estimate of drug-likeness (QED) is 0.626. The zero-order valence-corrected chi connectivity index (χ0v) is 10.5. The molecule has 1 heterocycles. The van der Waals surface area contributed by atoms with Crippen LogP contribution in [0.2, 0.25) is 0 Å². The number of nitrogens with zero attached hydrogens (tertiary/aromatic N) is 1. The van der Waals surface area contributed by atoms with Crippen molar-refractivity contribution >= 4 is 10.2 Å². The van der Waals surface area contributed by atoms with E-state index in [1.807, 2.05) is 6.92 Å². The predicted molar refractivity (Wildman–Crippen MR) is 60.2 cm³/mol. The van der Waals surface area contributed by atoms with E-state index >= 15 is 0 Å². The fourth-order valence-corrected chi connectivity index (χ4v) is 2.98. The van der Waals surface area contributed by atoms with Gasteiger partial charge in [0.1, 0.15) is 0 Å². The van der Waals surface area contributed by atoms with E-state index in [4.69, 9.17) is 4.74 Å². The molecule has 0 aromatic heterocycles. The average molecular weight is 252 g/mol. The molecule has 0 saturated carbocycles. The fraction of sp³-hybridized carbons (Fsp3) is 1.00. The van der Waals surface area contributed by atoms with Crippen LogP contribution in [0.5, 0.6) is 0 Å². The Bertz CT molecular complexity index is 307. The normalized spacial score (nSPS) is 28.2. The molecule has 2 atom stereocenters. The molecule has 0 radical (unpaired) electrons. The molecule has 2 unspecified atom stereocenters. The molecule has 0 spiro atoms. The maximum atomic E-state index is 11.8. The summed E-state index contributed by atoms with van der Waals surface area (Å²) >= 11 is 0. The van der Waals surface area contributed by atoms with E-state index in [0.717, 1.165) is 0 Å². The van der Waals surface area contributed by atoms with Crippen LogP contribution in [0.25, 0.3) is 0 Å². The predicted octanol–water partition coefficient (Wildman–Crippen LogP) is -0.830. The zero-order valence-electron chi connectivity index (χ0n) is 9.72. The van der Waals surface area contributed by atoms with Gasteiger partial charge >= 0.3 is 0 Å². The molecule has 1 aliphatic heterocycles. The Kier molecular flexibility index (Phi) is 5.13. The first-order valence-electron chi connectivity index (χ1n) is 5.39. The van der Waals surface area contributed by atoms with Crippen LogP contribution in [0.15, 0.2) is 0 Å². The summed E-state index contributed by atoms with van der Waals surface area (Å²) in [5.41, 5.74) is 0. The van der Waals surface area contributed by atoms with Crippen molar-refractivity contribution in [2.24, 2.45) is 5.92 Å². The van der Waals surface area contributed by atoms with Crippen molar-refractivity contribution in [3.8, 4) is 0 Å². The molecule has 0 amide bonds. The van der Waals surface area contributed by atoms with E-state index < -0.39 is 16.3 Å². The minimum absolute atomic E-state index is 0.0206. The van der Waals surface area contributed by atoms with Gasteiger partial charge in [-0.15, -0.1) is 0 Å². The summed E-state index contributed by atoms with van der Waals surface area (Å²) in [4.78, 5) is 0. The number of piperidine rings is 1. The van der Waals surface area contributed by atoms with Gasteiger partial charge in [0.2, 0.25) is 0 Å². The van der Waals surface area contributed by atoms with Crippen LogP contribution in [-0.4, -0.2) is 57.3 Å². The highest BCUT2D eigenvalue weighted by Crippen LogP contribution is 2.18. The minimum Gasteiger partial charge on any atom is -0.393 e. The number of aliphatic hydroxyl groups excluding tert-OH is 1. The van der Waals surface area contributed by atoms with E-state index in [2.05, 4.69) is 4.72 Å².